The second kappa shape index (κ2) is 7.15. The fraction of sp³-hybridized carbons (Fsp3) is 0.556. The summed E-state index contributed by atoms with van der Waals surface area (Å²) in [6.07, 6.45) is 1.75. The molecule has 2 rings (SSSR count). The number of carboxylic acid groups (broad SMARTS) is 1. The van der Waals surface area contributed by atoms with Crippen molar-refractivity contribution in [2.24, 2.45) is 0 Å². The minimum Gasteiger partial charge on any atom is -0.480 e. The van der Waals surface area contributed by atoms with Crippen LogP contribution in [0.2, 0.25) is 0 Å². The Hall–Kier alpha value is -1.89. The fourth-order valence-electron chi connectivity index (χ4n) is 3.53. The summed E-state index contributed by atoms with van der Waals surface area (Å²) in [6, 6.07) is 5.18. The number of benzene rings is 1. The van der Waals surface area contributed by atoms with E-state index >= 15 is 0 Å². The van der Waals surface area contributed by atoms with Crippen molar-refractivity contribution < 1.29 is 23.1 Å². The standard InChI is InChI=1S/C18H25NO5S/c1-4-19(12-16(20)21)17(22)18(9-5-6-10-18)25(23,24)15-11-13(2)7-8-14(15)3/h7-8,11H,4-6,9-10,12H2,1-3H3,(H,20,21). The molecular formula is C18H25NO5S. The molecule has 0 heterocycles. The Labute approximate surface area is 148 Å². The van der Waals surface area contributed by atoms with Crippen molar-refractivity contribution in [1.29, 1.82) is 0 Å². The molecule has 1 amide bonds. The number of nitrogens with zero attached hydrogens (tertiary/aromatic N) is 1. The topological polar surface area (TPSA) is 91.8 Å². The maximum absolute atomic E-state index is 13.5. The molecule has 0 saturated heterocycles. The number of hydrogen-bond donors (Lipinski definition) is 1. The Bertz CT molecular complexity index is 779. The lowest BCUT2D eigenvalue weighted by Crippen LogP contribution is -2.53. The smallest absolute Gasteiger partial charge is 0.323 e. The number of likely N-dealkylation sites (N-methyl/N-ethyl adjacent to an activating group) is 1. The highest BCUT2D eigenvalue weighted by atomic mass is 32.2. The molecule has 1 aliphatic carbocycles. The van der Waals surface area contributed by atoms with Crippen LogP contribution < -0.4 is 0 Å². The SMILES string of the molecule is CCN(CC(=O)O)C(=O)C1(S(=O)(=O)c2cc(C)ccc2C)CCCC1. The van der Waals surface area contributed by atoms with Gasteiger partial charge in [-0.1, -0.05) is 25.0 Å². The van der Waals surface area contributed by atoms with E-state index in [4.69, 9.17) is 5.11 Å². The molecule has 0 radical (unpaired) electrons. The van der Waals surface area contributed by atoms with E-state index in [1.165, 1.54) is 0 Å². The highest BCUT2D eigenvalue weighted by molar-refractivity contribution is 7.93. The number of sulfone groups is 1. The van der Waals surface area contributed by atoms with Crippen LogP contribution in [0.15, 0.2) is 23.1 Å². The molecule has 6 nitrogen and oxygen atoms in total. The number of hydrogen-bond acceptors (Lipinski definition) is 4. The normalized spacial score (nSPS) is 16.6. The van der Waals surface area contributed by atoms with Crippen molar-refractivity contribution in [3.05, 3.63) is 29.3 Å². The van der Waals surface area contributed by atoms with Gasteiger partial charge in [0.15, 0.2) is 14.6 Å². The number of carbonyl (C=O) groups excluding carboxylic acids is 1. The molecule has 0 aromatic heterocycles. The monoisotopic (exact) mass is 367 g/mol. The molecule has 0 spiro atoms. The van der Waals surface area contributed by atoms with Crippen LogP contribution in [0.25, 0.3) is 0 Å². The molecule has 25 heavy (non-hydrogen) atoms. The first-order valence-corrected chi connectivity index (χ1v) is 9.97. The third kappa shape index (κ3) is 3.42. The molecule has 0 aliphatic heterocycles. The van der Waals surface area contributed by atoms with Gasteiger partial charge in [0, 0.05) is 6.54 Å². The Morgan fingerprint density at radius 1 is 1.20 bits per heavy atom. The molecule has 1 fully saturated rings. The maximum atomic E-state index is 13.5. The van der Waals surface area contributed by atoms with Gasteiger partial charge < -0.3 is 10.0 Å². The van der Waals surface area contributed by atoms with Gasteiger partial charge in [0.1, 0.15) is 6.54 Å². The Morgan fingerprint density at radius 3 is 2.32 bits per heavy atom. The summed E-state index contributed by atoms with van der Waals surface area (Å²) in [6.45, 7) is 4.86. The quantitative estimate of drug-likeness (QED) is 0.833. The van der Waals surface area contributed by atoms with E-state index in [-0.39, 0.29) is 24.3 Å². The van der Waals surface area contributed by atoms with Crippen LogP contribution in [0, 0.1) is 13.8 Å². The first kappa shape index (κ1) is 19.4. The van der Waals surface area contributed by atoms with Gasteiger partial charge in [0.05, 0.1) is 4.90 Å². The van der Waals surface area contributed by atoms with E-state index in [1.807, 2.05) is 13.0 Å². The zero-order valence-electron chi connectivity index (χ0n) is 14.9. The van der Waals surface area contributed by atoms with Gasteiger partial charge in [-0.3, -0.25) is 9.59 Å². The predicted molar refractivity (Wildman–Crippen MR) is 94.2 cm³/mol. The molecule has 1 saturated carbocycles. The third-order valence-corrected chi connectivity index (χ3v) is 7.57. The van der Waals surface area contributed by atoms with Crippen LogP contribution in [-0.4, -0.2) is 48.1 Å². The zero-order chi connectivity index (χ0) is 18.8. The van der Waals surface area contributed by atoms with Crippen LogP contribution in [0.1, 0.15) is 43.7 Å². The molecule has 0 bridgehead atoms. The van der Waals surface area contributed by atoms with Gasteiger partial charge in [-0.15, -0.1) is 0 Å². The van der Waals surface area contributed by atoms with Gasteiger partial charge in [0.2, 0.25) is 5.91 Å². The van der Waals surface area contributed by atoms with E-state index in [1.54, 1.807) is 26.0 Å². The summed E-state index contributed by atoms with van der Waals surface area (Å²) < 4.78 is 25.4. The molecule has 1 aliphatic rings. The van der Waals surface area contributed by atoms with Crippen LogP contribution >= 0.6 is 0 Å². The van der Waals surface area contributed by atoms with Crippen molar-refractivity contribution in [1.82, 2.24) is 4.90 Å². The highest BCUT2D eigenvalue weighted by Crippen LogP contribution is 2.42. The van der Waals surface area contributed by atoms with Crippen LogP contribution in [-0.2, 0) is 19.4 Å². The Balaban J connectivity index is 2.57. The summed E-state index contributed by atoms with van der Waals surface area (Å²) in [5.74, 6) is -1.73. The van der Waals surface area contributed by atoms with E-state index < -0.39 is 33.0 Å². The third-order valence-electron chi connectivity index (χ3n) is 4.94. The number of carboxylic acids is 1. The van der Waals surface area contributed by atoms with Crippen LogP contribution in [0.5, 0.6) is 0 Å². The Morgan fingerprint density at radius 2 is 1.80 bits per heavy atom. The summed E-state index contributed by atoms with van der Waals surface area (Å²) in [5, 5.41) is 9.05. The second-order valence-corrected chi connectivity index (χ2v) is 8.92. The van der Waals surface area contributed by atoms with E-state index in [9.17, 15) is 18.0 Å². The van der Waals surface area contributed by atoms with Gasteiger partial charge in [-0.2, -0.15) is 0 Å². The summed E-state index contributed by atoms with van der Waals surface area (Å²) in [4.78, 5) is 25.5. The summed E-state index contributed by atoms with van der Waals surface area (Å²) in [7, 11) is -3.93. The lowest BCUT2D eigenvalue weighted by molar-refractivity contribution is -0.145. The van der Waals surface area contributed by atoms with E-state index in [0.717, 1.165) is 10.5 Å². The minimum absolute atomic E-state index is 0.162. The van der Waals surface area contributed by atoms with Gasteiger partial charge in [-0.25, -0.2) is 8.42 Å². The number of amides is 1. The van der Waals surface area contributed by atoms with Crippen molar-refractivity contribution in [3.63, 3.8) is 0 Å². The molecule has 0 atom stereocenters. The first-order chi connectivity index (χ1) is 11.7. The number of aryl methyl sites for hydroxylation is 2. The lowest BCUT2D eigenvalue weighted by Gasteiger charge is -2.33. The number of carbonyl (C=O) groups is 2. The Kier molecular flexibility index (Phi) is 5.56. The van der Waals surface area contributed by atoms with Gasteiger partial charge >= 0.3 is 5.97 Å². The number of rotatable bonds is 6. The molecule has 0 unspecified atom stereocenters. The van der Waals surface area contributed by atoms with Crippen molar-refractivity contribution in [2.45, 2.75) is 56.1 Å². The molecular weight excluding hydrogens is 342 g/mol. The summed E-state index contributed by atoms with van der Waals surface area (Å²) >= 11 is 0. The molecule has 7 heteroatoms. The summed E-state index contributed by atoms with van der Waals surface area (Å²) in [5.41, 5.74) is 1.41. The fourth-order valence-corrected chi connectivity index (χ4v) is 5.97. The van der Waals surface area contributed by atoms with E-state index in [2.05, 4.69) is 0 Å². The lowest BCUT2D eigenvalue weighted by atomic mass is 10.1. The first-order valence-electron chi connectivity index (χ1n) is 8.49. The van der Waals surface area contributed by atoms with Crippen molar-refractivity contribution >= 4 is 21.7 Å². The van der Waals surface area contributed by atoms with E-state index in [0.29, 0.717) is 18.4 Å². The van der Waals surface area contributed by atoms with Crippen molar-refractivity contribution in [2.75, 3.05) is 13.1 Å². The molecule has 1 N–H and O–H groups in total. The minimum atomic E-state index is -3.93. The number of aliphatic carboxylic acids is 1. The van der Waals surface area contributed by atoms with Crippen molar-refractivity contribution in [3.8, 4) is 0 Å². The van der Waals surface area contributed by atoms with Gasteiger partial charge in [-0.05, 0) is 50.8 Å². The van der Waals surface area contributed by atoms with Crippen LogP contribution in [0.3, 0.4) is 0 Å². The average molecular weight is 367 g/mol. The zero-order valence-corrected chi connectivity index (χ0v) is 15.7. The molecule has 138 valence electrons. The van der Waals surface area contributed by atoms with Gasteiger partial charge in [0.25, 0.3) is 0 Å². The second-order valence-electron chi connectivity index (χ2n) is 6.69. The molecule has 1 aromatic carbocycles. The largest absolute Gasteiger partial charge is 0.480 e. The predicted octanol–water partition coefficient (Wildman–Crippen LogP) is 2.32. The highest BCUT2D eigenvalue weighted by Gasteiger charge is 2.54. The maximum Gasteiger partial charge on any atom is 0.323 e. The molecule has 1 aromatic rings. The van der Waals surface area contributed by atoms with Crippen LogP contribution in [0.4, 0.5) is 0 Å². The average Bonchev–Trinajstić information content (AvgIpc) is 3.05.